The van der Waals surface area contributed by atoms with Crippen LogP contribution < -0.4 is 10.3 Å². The molecule has 5 heteroatoms. The highest BCUT2D eigenvalue weighted by atomic mass is 16.5. The monoisotopic (exact) mass is 255 g/mol. The van der Waals surface area contributed by atoms with Gasteiger partial charge in [0, 0.05) is 20.2 Å². The van der Waals surface area contributed by atoms with E-state index < -0.39 is 0 Å². The van der Waals surface area contributed by atoms with E-state index in [4.69, 9.17) is 4.74 Å². The normalized spacial score (nSPS) is 10.8. The number of hydrogen-bond acceptors (Lipinski definition) is 3. The third-order valence-corrected chi connectivity index (χ3v) is 3.08. The van der Waals surface area contributed by atoms with Crippen LogP contribution in [-0.2, 0) is 14.1 Å². The first-order chi connectivity index (χ1) is 9.16. The van der Waals surface area contributed by atoms with Crippen molar-refractivity contribution in [3.05, 3.63) is 52.9 Å². The Bertz CT molecular complexity index is 788. The Morgan fingerprint density at radius 3 is 2.58 bits per heavy atom. The average Bonchev–Trinajstić information content (AvgIpc) is 2.79. The smallest absolute Gasteiger partial charge is 0.293 e. The fraction of sp³-hybridized carbons (Fsp3) is 0.143. The topological polar surface area (TPSA) is 49.1 Å². The summed E-state index contributed by atoms with van der Waals surface area (Å²) in [4.78, 5) is 12.2. The molecule has 3 aromatic rings. The Hall–Kier alpha value is -2.56. The zero-order chi connectivity index (χ0) is 13.4. The lowest BCUT2D eigenvalue weighted by Gasteiger charge is -2.08. The van der Waals surface area contributed by atoms with Crippen LogP contribution in [0, 0.1) is 0 Å². The predicted molar refractivity (Wildman–Crippen MR) is 72.5 cm³/mol. The van der Waals surface area contributed by atoms with E-state index in [9.17, 15) is 4.79 Å². The van der Waals surface area contributed by atoms with Gasteiger partial charge in [-0.05, 0) is 12.1 Å². The van der Waals surface area contributed by atoms with Gasteiger partial charge < -0.3 is 9.30 Å². The number of para-hydroxylation sites is 1. The summed E-state index contributed by atoms with van der Waals surface area (Å²) in [6.45, 7) is 0. The maximum Gasteiger partial charge on any atom is 0.293 e. The Morgan fingerprint density at radius 1 is 1.11 bits per heavy atom. The van der Waals surface area contributed by atoms with Gasteiger partial charge in [-0.15, -0.1) is 0 Å². The molecule has 0 aliphatic heterocycles. The van der Waals surface area contributed by atoms with Crippen molar-refractivity contribution in [1.29, 1.82) is 0 Å². The van der Waals surface area contributed by atoms with Crippen LogP contribution in [0.15, 0.2) is 47.4 Å². The number of aromatic nitrogens is 3. The largest absolute Gasteiger partial charge is 0.451 e. The zero-order valence-electron chi connectivity index (χ0n) is 10.7. The second-order valence-corrected chi connectivity index (χ2v) is 4.33. The van der Waals surface area contributed by atoms with Gasteiger partial charge in [-0.2, -0.15) is 5.10 Å². The molecular formula is C14H13N3O2. The van der Waals surface area contributed by atoms with Crippen LogP contribution in [0.5, 0.6) is 11.5 Å². The van der Waals surface area contributed by atoms with Gasteiger partial charge in [0.15, 0.2) is 5.75 Å². The van der Waals surface area contributed by atoms with E-state index in [-0.39, 0.29) is 5.56 Å². The number of ether oxygens (including phenoxy) is 1. The first-order valence-corrected chi connectivity index (χ1v) is 5.91. The number of pyridine rings is 1. The van der Waals surface area contributed by atoms with Crippen LogP contribution in [0.2, 0.25) is 0 Å². The van der Waals surface area contributed by atoms with Crippen LogP contribution in [0.25, 0.3) is 11.0 Å². The molecule has 0 aliphatic rings. The van der Waals surface area contributed by atoms with E-state index in [0.29, 0.717) is 11.5 Å². The molecule has 0 radical (unpaired) electrons. The summed E-state index contributed by atoms with van der Waals surface area (Å²) in [5.74, 6) is 0.936. The summed E-state index contributed by atoms with van der Waals surface area (Å²) in [6.07, 6.45) is 1.67. The van der Waals surface area contributed by atoms with Gasteiger partial charge in [0.05, 0.1) is 17.2 Å². The molecule has 0 aliphatic carbocycles. The van der Waals surface area contributed by atoms with Gasteiger partial charge in [-0.3, -0.25) is 9.48 Å². The minimum absolute atomic E-state index is 0.177. The summed E-state index contributed by atoms with van der Waals surface area (Å²) in [6, 6.07) is 11.0. The van der Waals surface area contributed by atoms with Crippen molar-refractivity contribution >= 4 is 11.0 Å². The Labute approximate surface area is 109 Å². The molecule has 0 N–H and O–H groups in total. The standard InChI is InChI=1S/C14H13N3O2/c1-16-12-9-15-17(2)11(12)8-13(14(16)18)19-10-6-4-3-5-7-10/h3-9H,1-2H3. The van der Waals surface area contributed by atoms with Crippen molar-refractivity contribution in [2.45, 2.75) is 0 Å². The molecule has 2 heterocycles. The fourth-order valence-electron chi connectivity index (χ4n) is 2.01. The highest BCUT2D eigenvalue weighted by Crippen LogP contribution is 2.21. The molecule has 0 amide bonds. The highest BCUT2D eigenvalue weighted by Gasteiger charge is 2.11. The van der Waals surface area contributed by atoms with E-state index in [1.165, 1.54) is 0 Å². The van der Waals surface area contributed by atoms with Crippen LogP contribution in [0.1, 0.15) is 0 Å². The number of nitrogens with zero attached hydrogens (tertiary/aromatic N) is 3. The minimum Gasteiger partial charge on any atom is -0.451 e. The zero-order valence-corrected chi connectivity index (χ0v) is 10.7. The maximum atomic E-state index is 12.2. The number of fused-ring (bicyclic) bond motifs is 1. The molecule has 0 saturated carbocycles. The Kier molecular flexibility index (Phi) is 2.59. The molecule has 0 spiro atoms. The maximum absolute atomic E-state index is 12.2. The first-order valence-electron chi connectivity index (χ1n) is 5.91. The predicted octanol–water partition coefficient (Wildman–Crippen LogP) is 2.06. The van der Waals surface area contributed by atoms with E-state index >= 15 is 0 Å². The number of hydrogen-bond donors (Lipinski definition) is 0. The third-order valence-electron chi connectivity index (χ3n) is 3.08. The molecule has 96 valence electrons. The van der Waals surface area contributed by atoms with Gasteiger partial charge in [0.1, 0.15) is 5.75 Å². The second kappa shape index (κ2) is 4.28. The van der Waals surface area contributed by atoms with Gasteiger partial charge in [0.25, 0.3) is 5.56 Å². The molecule has 0 fully saturated rings. The molecule has 3 rings (SSSR count). The fourth-order valence-corrected chi connectivity index (χ4v) is 2.01. The quantitative estimate of drug-likeness (QED) is 0.704. The molecule has 1 aromatic carbocycles. The van der Waals surface area contributed by atoms with Crippen LogP contribution in [-0.4, -0.2) is 14.3 Å². The highest BCUT2D eigenvalue weighted by molar-refractivity contribution is 5.76. The van der Waals surface area contributed by atoms with E-state index in [0.717, 1.165) is 11.0 Å². The minimum atomic E-state index is -0.177. The molecule has 5 nitrogen and oxygen atoms in total. The lowest BCUT2D eigenvalue weighted by Crippen LogP contribution is -2.18. The summed E-state index contributed by atoms with van der Waals surface area (Å²) in [7, 11) is 3.54. The van der Waals surface area contributed by atoms with Crippen molar-refractivity contribution in [1.82, 2.24) is 14.3 Å². The van der Waals surface area contributed by atoms with Gasteiger partial charge >= 0.3 is 0 Å². The summed E-state index contributed by atoms with van der Waals surface area (Å²) >= 11 is 0. The van der Waals surface area contributed by atoms with Crippen molar-refractivity contribution < 1.29 is 4.74 Å². The van der Waals surface area contributed by atoms with Crippen molar-refractivity contribution in [2.24, 2.45) is 14.1 Å². The summed E-state index contributed by atoms with van der Waals surface area (Å²) in [5, 5.41) is 4.15. The van der Waals surface area contributed by atoms with Gasteiger partial charge in [-0.25, -0.2) is 0 Å². The average molecular weight is 255 g/mol. The van der Waals surface area contributed by atoms with Crippen LogP contribution in [0.4, 0.5) is 0 Å². The van der Waals surface area contributed by atoms with Crippen LogP contribution in [0.3, 0.4) is 0 Å². The van der Waals surface area contributed by atoms with Crippen molar-refractivity contribution in [3.8, 4) is 11.5 Å². The lowest BCUT2D eigenvalue weighted by atomic mass is 10.3. The lowest BCUT2D eigenvalue weighted by molar-refractivity contribution is 0.471. The Balaban J connectivity index is 2.16. The number of aryl methyl sites for hydroxylation is 2. The van der Waals surface area contributed by atoms with Gasteiger partial charge in [0.2, 0.25) is 0 Å². The van der Waals surface area contributed by atoms with Crippen molar-refractivity contribution in [3.63, 3.8) is 0 Å². The van der Waals surface area contributed by atoms with Crippen LogP contribution >= 0.6 is 0 Å². The van der Waals surface area contributed by atoms with E-state index in [2.05, 4.69) is 5.10 Å². The van der Waals surface area contributed by atoms with E-state index in [1.54, 1.807) is 28.6 Å². The molecule has 0 saturated heterocycles. The molecule has 19 heavy (non-hydrogen) atoms. The summed E-state index contributed by atoms with van der Waals surface area (Å²) in [5.41, 5.74) is 1.46. The third kappa shape index (κ3) is 1.89. The molecule has 0 atom stereocenters. The Morgan fingerprint density at radius 2 is 1.84 bits per heavy atom. The number of benzene rings is 1. The molecule has 0 unspecified atom stereocenters. The van der Waals surface area contributed by atoms with E-state index in [1.807, 2.05) is 37.4 Å². The van der Waals surface area contributed by atoms with Crippen molar-refractivity contribution in [2.75, 3.05) is 0 Å². The number of rotatable bonds is 2. The van der Waals surface area contributed by atoms with Gasteiger partial charge in [-0.1, -0.05) is 18.2 Å². The molecule has 0 bridgehead atoms. The first kappa shape index (κ1) is 11.5. The molecular weight excluding hydrogens is 242 g/mol. The summed E-state index contributed by atoms with van der Waals surface area (Å²) < 4.78 is 8.91. The SMILES string of the molecule is Cn1ncc2c1cc(Oc1ccccc1)c(=O)n2C. The second-order valence-electron chi connectivity index (χ2n) is 4.33. The molecule has 2 aromatic heterocycles.